The number of nitro groups is 1. The van der Waals surface area contributed by atoms with Gasteiger partial charge in [0, 0.05) is 21.8 Å². The van der Waals surface area contributed by atoms with Crippen LogP contribution in [0.3, 0.4) is 0 Å². The molecule has 0 bridgehead atoms. The van der Waals surface area contributed by atoms with Crippen LogP contribution in [0, 0.1) is 15.9 Å². The molecular formula is C13H7BrClFN2O3. The summed E-state index contributed by atoms with van der Waals surface area (Å²) in [6, 6.07) is 7.69. The fourth-order valence-electron chi connectivity index (χ4n) is 1.57. The molecule has 2 aromatic rings. The number of anilines is 1. The lowest BCUT2D eigenvalue weighted by Gasteiger charge is -2.06. The molecule has 0 aliphatic carbocycles. The molecule has 0 saturated heterocycles. The molecule has 108 valence electrons. The summed E-state index contributed by atoms with van der Waals surface area (Å²) in [6.07, 6.45) is 0. The van der Waals surface area contributed by atoms with E-state index in [4.69, 9.17) is 11.6 Å². The van der Waals surface area contributed by atoms with Crippen molar-refractivity contribution in [2.75, 3.05) is 5.32 Å². The van der Waals surface area contributed by atoms with E-state index in [1.165, 1.54) is 6.07 Å². The van der Waals surface area contributed by atoms with Crippen molar-refractivity contribution in [3.8, 4) is 0 Å². The van der Waals surface area contributed by atoms with Crippen LogP contribution in [0.5, 0.6) is 0 Å². The van der Waals surface area contributed by atoms with Crippen molar-refractivity contribution in [3.05, 3.63) is 67.4 Å². The Balaban J connectivity index is 2.22. The van der Waals surface area contributed by atoms with Crippen LogP contribution < -0.4 is 5.32 Å². The molecule has 0 heterocycles. The third-order valence-electron chi connectivity index (χ3n) is 2.58. The minimum Gasteiger partial charge on any atom is -0.322 e. The molecule has 0 spiro atoms. The maximum Gasteiger partial charge on any atom is 0.304 e. The van der Waals surface area contributed by atoms with Crippen LogP contribution in [0.25, 0.3) is 0 Å². The first-order valence-corrected chi connectivity index (χ1v) is 6.76. The first-order valence-electron chi connectivity index (χ1n) is 5.59. The number of halogens is 3. The van der Waals surface area contributed by atoms with Crippen LogP contribution >= 0.6 is 27.5 Å². The lowest BCUT2D eigenvalue weighted by molar-refractivity contribution is -0.387. The summed E-state index contributed by atoms with van der Waals surface area (Å²) in [5.41, 5.74) is -0.250. The van der Waals surface area contributed by atoms with Gasteiger partial charge >= 0.3 is 5.69 Å². The van der Waals surface area contributed by atoms with E-state index in [0.717, 1.165) is 12.1 Å². The van der Waals surface area contributed by atoms with Gasteiger partial charge in [0.05, 0.1) is 9.95 Å². The Morgan fingerprint density at radius 3 is 2.57 bits per heavy atom. The third-order valence-corrected chi connectivity index (χ3v) is 3.80. The van der Waals surface area contributed by atoms with Gasteiger partial charge in [-0.3, -0.25) is 14.9 Å². The molecule has 2 aromatic carbocycles. The minimum absolute atomic E-state index is 0.0239. The topological polar surface area (TPSA) is 72.2 Å². The second-order valence-electron chi connectivity index (χ2n) is 4.01. The molecule has 2 rings (SSSR count). The predicted molar refractivity (Wildman–Crippen MR) is 80.2 cm³/mol. The van der Waals surface area contributed by atoms with E-state index in [-0.39, 0.29) is 5.56 Å². The molecule has 0 atom stereocenters. The van der Waals surface area contributed by atoms with E-state index < -0.39 is 22.3 Å². The molecule has 1 amide bonds. The van der Waals surface area contributed by atoms with Gasteiger partial charge < -0.3 is 5.32 Å². The first-order chi connectivity index (χ1) is 9.88. The highest BCUT2D eigenvalue weighted by Gasteiger charge is 2.16. The molecule has 8 heteroatoms. The van der Waals surface area contributed by atoms with Crippen molar-refractivity contribution in [2.45, 2.75) is 0 Å². The van der Waals surface area contributed by atoms with Crippen molar-refractivity contribution in [3.63, 3.8) is 0 Å². The van der Waals surface area contributed by atoms with Gasteiger partial charge in [0.1, 0.15) is 0 Å². The lowest BCUT2D eigenvalue weighted by atomic mass is 10.2. The van der Waals surface area contributed by atoms with E-state index in [1.807, 2.05) is 0 Å². The number of nitro benzene ring substituents is 1. The van der Waals surface area contributed by atoms with Crippen LogP contribution in [0.2, 0.25) is 5.02 Å². The fraction of sp³-hybridized carbons (Fsp3) is 0. The number of carbonyl (C=O) groups is 1. The molecule has 5 nitrogen and oxygen atoms in total. The van der Waals surface area contributed by atoms with Crippen LogP contribution in [0.4, 0.5) is 15.8 Å². The zero-order valence-electron chi connectivity index (χ0n) is 10.3. The van der Waals surface area contributed by atoms with Crippen LogP contribution in [0.15, 0.2) is 40.9 Å². The van der Waals surface area contributed by atoms with Gasteiger partial charge in [-0.15, -0.1) is 0 Å². The highest BCUT2D eigenvalue weighted by molar-refractivity contribution is 9.10. The Morgan fingerprint density at radius 2 is 2.00 bits per heavy atom. The second-order valence-corrected chi connectivity index (χ2v) is 5.27. The largest absolute Gasteiger partial charge is 0.322 e. The van der Waals surface area contributed by atoms with E-state index in [1.54, 1.807) is 18.2 Å². The molecule has 0 unspecified atom stereocenters. The summed E-state index contributed by atoms with van der Waals surface area (Å²) < 4.78 is 14.1. The minimum atomic E-state index is -1.06. The SMILES string of the molecule is O=C(Nc1ccc(Cl)c(Br)c1)c1ccc([N+](=O)[O-])c(F)c1. The molecule has 0 saturated carbocycles. The Bertz CT molecular complexity index is 739. The molecular weight excluding hydrogens is 367 g/mol. The number of hydrogen-bond acceptors (Lipinski definition) is 3. The van der Waals surface area contributed by atoms with Crippen LogP contribution in [-0.2, 0) is 0 Å². The molecule has 0 fully saturated rings. The zero-order valence-corrected chi connectivity index (χ0v) is 12.6. The number of nitrogens with one attached hydrogen (secondary N) is 1. The molecule has 21 heavy (non-hydrogen) atoms. The number of benzene rings is 2. The maximum atomic E-state index is 13.5. The number of nitrogens with zero attached hydrogens (tertiary/aromatic N) is 1. The van der Waals surface area contributed by atoms with E-state index in [9.17, 15) is 19.3 Å². The van der Waals surface area contributed by atoms with Crippen molar-refractivity contribution in [1.82, 2.24) is 0 Å². The second kappa shape index (κ2) is 6.19. The summed E-state index contributed by atoms with van der Waals surface area (Å²) in [5, 5.41) is 13.5. The third kappa shape index (κ3) is 3.56. The Kier molecular flexibility index (Phi) is 4.54. The monoisotopic (exact) mass is 372 g/mol. The summed E-state index contributed by atoms with van der Waals surface area (Å²) in [6.45, 7) is 0. The van der Waals surface area contributed by atoms with Gasteiger partial charge in [-0.25, -0.2) is 0 Å². The maximum absolute atomic E-state index is 13.5. The van der Waals surface area contributed by atoms with Gasteiger partial charge in [-0.2, -0.15) is 4.39 Å². The number of rotatable bonds is 3. The van der Waals surface area contributed by atoms with E-state index in [2.05, 4.69) is 21.2 Å². The van der Waals surface area contributed by atoms with Crippen LogP contribution in [-0.4, -0.2) is 10.8 Å². The Hall–Kier alpha value is -1.99. The van der Waals surface area contributed by atoms with E-state index >= 15 is 0 Å². The summed E-state index contributed by atoms with van der Waals surface area (Å²) in [4.78, 5) is 21.6. The van der Waals surface area contributed by atoms with Crippen LogP contribution in [0.1, 0.15) is 10.4 Å². The summed E-state index contributed by atoms with van der Waals surface area (Å²) >= 11 is 9.04. The zero-order chi connectivity index (χ0) is 15.6. The van der Waals surface area contributed by atoms with Gasteiger partial charge in [0.25, 0.3) is 5.91 Å². The average Bonchev–Trinajstić information content (AvgIpc) is 2.42. The fourth-order valence-corrected chi connectivity index (χ4v) is 2.07. The van der Waals surface area contributed by atoms with Gasteiger partial charge in [-0.1, -0.05) is 11.6 Å². The van der Waals surface area contributed by atoms with Crippen molar-refractivity contribution >= 4 is 44.8 Å². The van der Waals surface area contributed by atoms with Gasteiger partial charge in [-0.05, 0) is 46.3 Å². The number of amides is 1. The van der Waals surface area contributed by atoms with Gasteiger partial charge in [0.15, 0.2) is 0 Å². The average molecular weight is 374 g/mol. The highest BCUT2D eigenvalue weighted by Crippen LogP contribution is 2.26. The number of carbonyl (C=O) groups excluding carboxylic acids is 1. The molecule has 0 aromatic heterocycles. The molecule has 0 radical (unpaired) electrons. The van der Waals surface area contributed by atoms with Gasteiger partial charge in [0.2, 0.25) is 5.82 Å². The normalized spacial score (nSPS) is 10.2. The van der Waals surface area contributed by atoms with Crippen molar-refractivity contribution in [2.24, 2.45) is 0 Å². The molecule has 0 aliphatic heterocycles. The van der Waals surface area contributed by atoms with E-state index in [0.29, 0.717) is 15.2 Å². The first kappa shape index (κ1) is 15.4. The summed E-state index contributed by atoms with van der Waals surface area (Å²) in [5.74, 6) is -1.65. The van der Waals surface area contributed by atoms with Crippen molar-refractivity contribution < 1.29 is 14.1 Å². The standard InChI is InChI=1S/C13H7BrClFN2O3/c14-9-6-8(2-3-10(9)15)17-13(19)7-1-4-12(18(20)21)11(16)5-7/h1-6H,(H,17,19). The predicted octanol–water partition coefficient (Wildman–Crippen LogP) is 4.40. The molecule has 1 N–H and O–H groups in total. The number of hydrogen-bond donors (Lipinski definition) is 1. The Labute approximate surface area is 132 Å². The lowest BCUT2D eigenvalue weighted by Crippen LogP contribution is -2.12. The molecule has 0 aliphatic rings. The quantitative estimate of drug-likeness (QED) is 0.640. The summed E-state index contributed by atoms with van der Waals surface area (Å²) in [7, 11) is 0. The highest BCUT2D eigenvalue weighted by atomic mass is 79.9. The van der Waals surface area contributed by atoms with Crippen molar-refractivity contribution in [1.29, 1.82) is 0 Å². The Morgan fingerprint density at radius 1 is 1.29 bits per heavy atom. The smallest absolute Gasteiger partial charge is 0.304 e.